The van der Waals surface area contributed by atoms with Crippen molar-refractivity contribution in [3.8, 4) is 0 Å². The first-order chi connectivity index (χ1) is 9.63. The van der Waals surface area contributed by atoms with Crippen LogP contribution in [0.2, 0.25) is 0 Å². The summed E-state index contributed by atoms with van der Waals surface area (Å²) in [5, 5.41) is 8.30. The zero-order valence-electron chi connectivity index (χ0n) is 12.2. The topological polar surface area (TPSA) is 86.3 Å². The zero-order valence-corrected chi connectivity index (χ0v) is 12.2. The van der Waals surface area contributed by atoms with Gasteiger partial charge in [-0.25, -0.2) is 0 Å². The van der Waals surface area contributed by atoms with Crippen LogP contribution in [0, 0.1) is 0 Å². The normalized spacial score (nSPS) is 15.2. The Bertz CT molecular complexity index is 460. The van der Waals surface area contributed by atoms with Crippen LogP contribution in [-0.4, -0.2) is 52.4 Å². The highest BCUT2D eigenvalue weighted by Gasteiger charge is 2.22. The number of rotatable bonds is 7. The fourth-order valence-electron chi connectivity index (χ4n) is 2.47. The Morgan fingerprint density at radius 2 is 2.35 bits per heavy atom. The maximum absolute atomic E-state index is 12.2. The van der Waals surface area contributed by atoms with E-state index in [0.717, 1.165) is 37.5 Å². The van der Waals surface area contributed by atoms with E-state index in [1.165, 1.54) is 0 Å². The number of carbonyl (C=O) groups is 1. The number of methoxy groups -OCH3 is 1. The van der Waals surface area contributed by atoms with E-state index in [1.807, 2.05) is 0 Å². The number of fused-ring (bicyclic) bond motifs is 1. The molecule has 0 aliphatic carbocycles. The molecule has 2 N–H and O–H groups in total. The third-order valence-corrected chi connectivity index (χ3v) is 3.62. The van der Waals surface area contributed by atoms with Gasteiger partial charge in [-0.1, -0.05) is 0 Å². The van der Waals surface area contributed by atoms with Crippen molar-refractivity contribution >= 4 is 5.91 Å². The number of hydrogen-bond donors (Lipinski definition) is 1. The van der Waals surface area contributed by atoms with Crippen LogP contribution in [0.3, 0.4) is 0 Å². The first-order valence-corrected chi connectivity index (χ1v) is 7.04. The van der Waals surface area contributed by atoms with Gasteiger partial charge < -0.3 is 19.9 Å². The van der Waals surface area contributed by atoms with E-state index in [2.05, 4.69) is 14.8 Å². The lowest BCUT2D eigenvalue weighted by atomic mass is 10.1. The zero-order chi connectivity index (χ0) is 14.5. The van der Waals surface area contributed by atoms with Gasteiger partial charge in [0.2, 0.25) is 5.91 Å². The number of nitrogens with zero attached hydrogens (tertiary/aromatic N) is 4. The van der Waals surface area contributed by atoms with Crippen molar-refractivity contribution in [3.05, 3.63) is 11.6 Å². The van der Waals surface area contributed by atoms with E-state index in [9.17, 15) is 4.79 Å². The number of likely N-dealkylation sites (N-methyl/N-ethyl adjacent to an activating group) is 1. The molecular formula is C13H23N5O2. The third kappa shape index (κ3) is 3.34. The summed E-state index contributed by atoms with van der Waals surface area (Å²) < 4.78 is 7.06. The average Bonchev–Trinajstić information content (AvgIpc) is 3.03. The molecule has 0 saturated heterocycles. The Labute approximate surface area is 119 Å². The van der Waals surface area contributed by atoms with Crippen molar-refractivity contribution in [2.24, 2.45) is 5.73 Å². The molecule has 1 aromatic rings. The van der Waals surface area contributed by atoms with Gasteiger partial charge in [-0.3, -0.25) is 4.79 Å². The summed E-state index contributed by atoms with van der Waals surface area (Å²) in [6, 6.07) is -0.476. The molecular weight excluding hydrogens is 258 g/mol. The second-order valence-corrected chi connectivity index (χ2v) is 5.22. The van der Waals surface area contributed by atoms with E-state index >= 15 is 0 Å². The van der Waals surface area contributed by atoms with Crippen LogP contribution in [0.1, 0.15) is 30.9 Å². The SMILES string of the molecule is COCCCC(N)C(=O)N(C)Cc1nnc2n1CCC2. The van der Waals surface area contributed by atoms with E-state index < -0.39 is 6.04 Å². The van der Waals surface area contributed by atoms with Crippen LogP contribution in [0.4, 0.5) is 0 Å². The maximum Gasteiger partial charge on any atom is 0.239 e. The molecule has 0 radical (unpaired) electrons. The summed E-state index contributed by atoms with van der Waals surface area (Å²) in [4.78, 5) is 13.8. The molecule has 1 aliphatic heterocycles. The highest BCUT2D eigenvalue weighted by molar-refractivity contribution is 5.81. The fraction of sp³-hybridized carbons (Fsp3) is 0.769. The van der Waals surface area contributed by atoms with Gasteiger partial charge >= 0.3 is 0 Å². The van der Waals surface area contributed by atoms with Gasteiger partial charge in [0.15, 0.2) is 5.82 Å². The van der Waals surface area contributed by atoms with Crippen molar-refractivity contribution in [2.75, 3.05) is 20.8 Å². The largest absolute Gasteiger partial charge is 0.385 e. The van der Waals surface area contributed by atoms with Crippen molar-refractivity contribution in [1.82, 2.24) is 19.7 Å². The van der Waals surface area contributed by atoms with E-state index in [1.54, 1.807) is 19.1 Å². The fourth-order valence-corrected chi connectivity index (χ4v) is 2.47. The second-order valence-electron chi connectivity index (χ2n) is 5.22. The van der Waals surface area contributed by atoms with Crippen molar-refractivity contribution < 1.29 is 9.53 Å². The Morgan fingerprint density at radius 1 is 1.55 bits per heavy atom. The summed E-state index contributed by atoms with van der Waals surface area (Å²) in [7, 11) is 3.40. The van der Waals surface area contributed by atoms with Gasteiger partial charge in [0.25, 0.3) is 0 Å². The molecule has 7 heteroatoms. The van der Waals surface area contributed by atoms with Gasteiger partial charge in [0, 0.05) is 33.7 Å². The molecule has 7 nitrogen and oxygen atoms in total. The minimum Gasteiger partial charge on any atom is -0.385 e. The average molecular weight is 281 g/mol. The number of aromatic nitrogens is 3. The van der Waals surface area contributed by atoms with Crippen LogP contribution < -0.4 is 5.73 Å². The monoisotopic (exact) mass is 281 g/mol. The summed E-state index contributed by atoms with van der Waals surface area (Å²) in [5.41, 5.74) is 5.91. The molecule has 1 aliphatic rings. The summed E-state index contributed by atoms with van der Waals surface area (Å²) in [5.74, 6) is 1.80. The third-order valence-electron chi connectivity index (χ3n) is 3.62. The summed E-state index contributed by atoms with van der Waals surface area (Å²) in [6.07, 6.45) is 3.50. The lowest BCUT2D eigenvalue weighted by Crippen LogP contribution is -2.41. The Balaban J connectivity index is 1.87. The van der Waals surface area contributed by atoms with Gasteiger partial charge in [-0.15, -0.1) is 10.2 Å². The van der Waals surface area contributed by atoms with E-state index in [0.29, 0.717) is 19.6 Å². The molecule has 112 valence electrons. The predicted octanol–water partition coefficient (Wildman–Crippen LogP) is -0.0634. The standard InChI is InChI=1S/C13H23N5O2/c1-17(13(19)10(14)5-4-8-20-2)9-12-16-15-11-6-3-7-18(11)12/h10H,3-9,14H2,1-2H3. The molecule has 1 atom stereocenters. The molecule has 1 amide bonds. The van der Waals surface area contributed by atoms with Crippen LogP contribution in [0.5, 0.6) is 0 Å². The van der Waals surface area contributed by atoms with E-state index in [4.69, 9.17) is 10.5 Å². The number of nitrogens with two attached hydrogens (primary N) is 1. The van der Waals surface area contributed by atoms with Crippen LogP contribution >= 0.6 is 0 Å². The van der Waals surface area contributed by atoms with Crippen molar-refractivity contribution in [2.45, 2.75) is 44.8 Å². The molecule has 0 bridgehead atoms. The van der Waals surface area contributed by atoms with E-state index in [-0.39, 0.29) is 5.91 Å². The van der Waals surface area contributed by atoms with Crippen LogP contribution in [-0.2, 0) is 29.0 Å². The number of ether oxygens (including phenoxy) is 1. The Kier molecular flexibility index (Phi) is 5.08. The summed E-state index contributed by atoms with van der Waals surface area (Å²) >= 11 is 0. The second kappa shape index (κ2) is 6.81. The quantitative estimate of drug-likeness (QED) is 0.707. The first kappa shape index (κ1) is 14.9. The minimum absolute atomic E-state index is 0.0588. The number of carbonyl (C=O) groups excluding carboxylic acids is 1. The predicted molar refractivity (Wildman–Crippen MR) is 73.9 cm³/mol. The molecule has 20 heavy (non-hydrogen) atoms. The number of amides is 1. The number of aryl methyl sites for hydroxylation is 1. The molecule has 2 heterocycles. The minimum atomic E-state index is -0.476. The van der Waals surface area contributed by atoms with Crippen LogP contribution in [0.25, 0.3) is 0 Å². The first-order valence-electron chi connectivity index (χ1n) is 7.04. The smallest absolute Gasteiger partial charge is 0.239 e. The van der Waals surface area contributed by atoms with Crippen molar-refractivity contribution in [1.29, 1.82) is 0 Å². The lowest BCUT2D eigenvalue weighted by Gasteiger charge is -2.21. The maximum atomic E-state index is 12.2. The number of hydrogen-bond acceptors (Lipinski definition) is 5. The lowest BCUT2D eigenvalue weighted by molar-refractivity contribution is -0.132. The molecule has 2 rings (SSSR count). The molecule has 0 fully saturated rings. The van der Waals surface area contributed by atoms with Crippen molar-refractivity contribution in [3.63, 3.8) is 0 Å². The molecule has 0 aromatic carbocycles. The highest BCUT2D eigenvalue weighted by atomic mass is 16.5. The van der Waals surface area contributed by atoms with Gasteiger partial charge in [-0.05, 0) is 19.3 Å². The van der Waals surface area contributed by atoms with Gasteiger partial charge in [-0.2, -0.15) is 0 Å². The Morgan fingerprint density at radius 3 is 3.10 bits per heavy atom. The molecule has 1 aromatic heterocycles. The van der Waals surface area contributed by atoms with Gasteiger partial charge in [0.05, 0.1) is 12.6 Å². The highest BCUT2D eigenvalue weighted by Crippen LogP contribution is 2.15. The molecule has 1 unspecified atom stereocenters. The van der Waals surface area contributed by atoms with Crippen LogP contribution in [0.15, 0.2) is 0 Å². The Hall–Kier alpha value is -1.47. The summed E-state index contributed by atoms with van der Waals surface area (Å²) in [6.45, 7) is 2.03. The molecule has 0 spiro atoms. The van der Waals surface area contributed by atoms with Gasteiger partial charge in [0.1, 0.15) is 5.82 Å². The molecule has 0 saturated carbocycles.